The van der Waals surface area contributed by atoms with Gasteiger partial charge in [0.2, 0.25) is 5.91 Å². The van der Waals surface area contributed by atoms with E-state index in [9.17, 15) is 14.3 Å². The summed E-state index contributed by atoms with van der Waals surface area (Å²) in [5.74, 6) is 0.0693. The van der Waals surface area contributed by atoms with E-state index < -0.39 is 6.10 Å². The third kappa shape index (κ3) is 4.58. The smallest absolute Gasteiger partial charge is 0.224 e. The Kier molecular flexibility index (Phi) is 5.30. The Morgan fingerprint density at radius 1 is 1.24 bits per heavy atom. The molecule has 0 unspecified atom stereocenters. The fourth-order valence-corrected chi connectivity index (χ4v) is 2.53. The number of rotatable bonds is 7. The molecule has 130 valence electrons. The summed E-state index contributed by atoms with van der Waals surface area (Å²) in [6.45, 7) is 0.172. The Morgan fingerprint density at radius 2 is 2.04 bits per heavy atom. The number of para-hydroxylation sites is 1. The summed E-state index contributed by atoms with van der Waals surface area (Å²) in [7, 11) is 0. The molecule has 25 heavy (non-hydrogen) atoms. The lowest BCUT2D eigenvalue weighted by molar-refractivity contribution is -0.120. The fraction of sp³-hybridized carbons (Fsp3) is 0.211. The summed E-state index contributed by atoms with van der Waals surface area (Å²) in [6, 6.07) is 13.5. The molecule has 0 aliphatic heterocycles. The summed E-state index contributed by atoms with van der Waals surface area (Å²) in [5, 5.41) is 13.2. The predicted octanol–water partition coefficient (Wildman–Crippen LogP) is 2.41. The van der Waals surface area contributed by atoms with E-state index >= 15 is 0 Å². The van der Waals surface area contributed by atoms with Crippen molar-refractivity contribution in [3.8, 4) is 5.75 Å². The van der Waals surface area contributed by atoms with Crippen molar-refractivity contribution in [1.29, 1.82) is 0 Å². The summed E-state index contributed by atoms with van der Waals surface area (Å²) in [6.07, 6.45) is 0.985. The van der Waals surface area contributed by atoms with E-state index in [0.29, 0.717) is 16.7 Å². The first kappa shape index (κ1) is 17.0. The highest BCUT2D eigenvalue weighted by Crippen LogP contribution is 2.19. The zero-order valence-electron chi connectivity index (χ0n) is 13.5. The van der Waals surface area contributed by atoms with Gasteiger partial charge in [-0.15, -0.1) is 0 Å². The third-order valence-electron chi connectivity index (χ3n) is 3.80. The van der Waals surface area contributed by atoms with Gasteiger partial charge in [-0.25, -0.2) is 4.39 Å². The summed E-state index contributed by atoms with van der Waals surface area (Å²) >= 11 is 0. The first-order valence-corrected chi connectivity index (χ1v) is 8.00. The standard InChI is InChI=1S/C19H19FN2O3/c20-14-6-7-18-17(9-14)13(10-21-18)8-19(24)22-11-15(23)12-25-16-4-2-1-3-5-16/h1-7,9-10,15,21,23H,8,11-12H2,(H,22,24)/t15-/m0/s1. The number of carbonyl (C=O) groups is 1. The van der Waals surface area contributed by atoms with Crippen LogP contribution in [-0.4, -0.2) is 35.3 Å². The van der Waals surface area contributed by atoms with Gasteiger partial charge in [0.25, 0.3) is 0 Å². The van der Waals surface area contributed by atoms with Crippen molar-refractivity contribution < 1.29 is 19.0 Å². The molecule has 0 saturated heterocycles. The van der Waals surface area contributed by atoms with Crippen molar-refractivity contribution in [3.63, 3.8) is 0 Å². The summed E-state index contributed by atoms with van der Waals surface area (Å²) in [5.41, 5.74) is 1.49. The van der Waals surface area contributed by atoms with Crippen molar-refractivity contribution in [1.82, 2.24) is 10.3 Å². The van der Waals surface area contributed by atoms with E-state index in [1.165, 1.54) is 12.1 Å². The monoisotopic (exact) mass is 342 g/mol. The van der Waals surface area contributed by atoms with Crippen LogP contribution in [0.25, 0.3) is 10.9 Å². The van der Waals surface area contributed by atoms with Crippen molar-refractivity contribution in [2.45, 2.75) is 12.5 Å². The molecule has 3 aromatic rings. The molecule has 2 aromatic carbocycles. The quantitative estimate of drug-likeness (QED) is 0.617. The fourth-order valence-electron chi connectivity index (χ4n) is 2.53. The Morgan fingerprint density at radius 3 is 2.84 bits per heavy atom. The average Bonchev–Trinajstić information content (AvgIpc) is 3.01. The van der Waals surface area contributed by atoms with Gasteiger partial charge < -0.3 is 20.1 Å². The van der Waals surface area contributed by atoms with Crippen LogP contribution >= 0.6 is 0 Å². The number of aromatic amines is 1. The van der Waals surface area contributed by atoms with Gasteiger partial charge in [0.05, 0.1) is 6.42 Å². The van der Waals surface area contributed by atoms with Gasteiger partial charge in [0.15, 0.2) is 0 Å². The number of amides is 1. The number of hydrogen-bond acceptors (Lipinski definition) is 3. The molecule has 0 aliphatic rings. The van der Waals surface area contributed by atoms with Crippen LogP contribution in [0.4, 0.5) is 4.39 Å². The maximum Gasteiger partial charge on any atom is 0.224 e. The number of ether oxygens (including phenoxy) is 1. The van der Waals surface area contributed by atoms with Gasteiger partial charge in [-0.1, -0.05) is 18.2 Å². The van der Waals surface area contributed by atoms with E-state index in [2.05, 4.69) is 10.3 Å². The van der Waals surface area contributed by atoms with Gasteiger partial charge in [-0.05, 0) is 35.9 Å². The summed E-state index contributed by atoms with van der Waals surface area (Å²) in [4.78, 5) is 15.1. The Hall–Kier alpha value is -2.86. The Labute approximate surface area is 144 Å². The lowest BCUT2D eigenvalue weighted by Crippen LogP contribution is -2.36. The minimum absolute atomic E-state index is 0.0857. The topological polar surface area (TPSA) is 74.4 Å². The van der Waals surface area contributed by atoms with Crippen molar-refractivity contribution in [3.05, 3.63) is 66.1 Å². The van der Waals surface area contributed by atoms with Crippen LogP contribution in [0.3, 0.4) is 0 Å². The number of aliphatic hydroxyl groups is 1. The molecule has 0 fully saturated rings. The van der Waals surface area contributed by atoms with Crippen LogP contribution in [-0.2, 0) is 11.2 Å². The zero-order chi connectivity index (χ0) is 17.6. The third-order valence-corrected chi connectivity index (χ3v) is 3.80. The number of H-pyrrole nitrogens is 1. The molecule has 3 N–H and O–H groups in total. The normalized spacial score (nSPS) is 12.1. The number of carbonyl (C=O) groups excluding carboxylic acids is 1. The van der Waals surface area contributed by atoms with Gasteiger partial charge >= 0.3 is 0 Å². The molecule has 1 aromatic heterocycles. The minimum atomic E-state index is -0.815. The molecule has 1 atom stereocenters. The number of benzene rings is 2. The molecule has 0 spiro atoms. The van der Waals surface area contributed by atoms with Gasteiger partial charge in [0.1, 0.15) is 24.3 Å². The number of halogens is 1. The van der Waals surface area contributed by atoms with E-state index in [-0.39, 0.29) is 31.3 Å². The number of aliphatic hydroxyl groups excluding tert-OH is 1. The number of aromatic nitrogens is 1. The number of fused-ring (bicyclic) bond motifs is 1. The van der Waals surface area contributed by atoms with E-state index in [1.807, 2.05) is 18.2 Å². The van der Waals surface area contributed by atoms with E-state index in [0.717, 1.165) is 5.52 Å². The molecule has 0 aliphatic carbocycles. The van der Waals surface area contributed by atoms with Crippen molar-refractivity contribution in [2.75, 3.05) is 13.2 Å². The largest absolute Gasteiger partial charge is 0.491 e. The SMILES string of the molecule is O=C(Cc1c[nH]c2ccc(F)cc12)NC[C@H](O)COc1ccccc1. The van der Waals surface area contributed by atoms with Crippen LogP contribution < -0.4 is 10.1 Å². The van der Waals surface area contributed by atoms with Crippen LogP contribution in [0, 0.1) is 5.82 Å². The molecule has 1 amide bonds. The zero-order valence-corrected chi connectivity index (χ0v) is 13.5. The average molecular weight is 342 g/mol. The molecule has 5 nitrogen and oxygen atoms in total. The molecule has 0 bridgehead atoms. The molecule has 0 saturated carbocycles. The summed E-state index contributed by atoms with van der Waals surface area (Å²) < 4.78 is 18.8. The second-order valence-electron chi connectivity index (χ2n) is 5.76. The number of hydrogen-bond donors (Lipinski definition) is 3. The molecule has 1 heterocycles. The maximum absolute atomic E-state index is 13.3. The predicted molar refractivity (Wildman–Crippen MR) is 92.9 cm³/mol. The lowest BCUT2D eigenvalue weighted by Gasteiger charge is -2.13. The van der Waals surface area contributed by atoms with Gasteiger partial charge in [0, 0.05) is 23.6 Å². The lowest BCUT2D eigenvalue weighted by atomic mass is 10.1. The van der Waals surface area contributed by atoms with Gasteiger partial charge in [-0.3, -0.25) is 4.79 Å². The minimum Gasteiger partial charge on any atom is -0.491 e. The van der Waals surface area contributed by atoms with Crippen molar-refractivity contribution >= 4 is 16.8 Å². The highest BCUT2D eigenvalue weighted by atomic mass is 19.1. The first-order chi connectivity index (χ1) is 12.1. The van der Waals surface area contributed by atoms with Crippen LogP contribution in [0.2, 0.25) is 0 Å². The van der Waals surface area contributed by atoms with Gasteiger partial charge in [-0.2, -0.15) is 0 Å². The Bertz CT molecular complexity index is 848. The molecular weight excluding hydrogens is 323 g/mol. The van der Waals surface area contributed by atoms with Crippen LogP contribution in [0.5, 0.6) is 5.75 Å². The second kappa shape index (κ2) is 7.81. The molecule has 6 heteroatoms. The Balaban J connectivity index is 1.48. The highest BCUT2D eigenvalue weighted by molar-refractivity contribution is 5.88. The molecule has 3 rings (SSSR count). The second-order valence-corrected chi connectivity index (χ2v) is 5.76. The van der Waals surface area contributed by atoms with Crippen LogP contribution in [0.15, 0.2) is 54.7 Å². The van der Waals surface area contributed by atoms with Crippen molar-refractivity contribution in [2.24, 2.45) is 0 Å². The van der Waals surface area contributed by atoms with E-state index in [4.69, 9.17) is 4.74 Å². The first-order valence-electron chi connectivity index (χ1n) is 8.00. The van der Waals surface area contributed by atoms with Crippen LogP contribution in [0.1, 0.15) is 5.56 Å². The molecule has 0 radical (unpaired) electrons. The number of nitrogens with one attached hydrogen (secondary N) is 2. The molecular formula is C19H19FN2O3. The maximum atomic E-state index is 13.3. The highest BCUT2D eigenvalue weighted by Gasteiger charge is 2.12. The van der Waals surface area contributed by atoms with E-state index in [1.54, 1.807) is 24.4 Å².